The first-order chi connectivity index (χ1) is 9.99. The molecule has 0 aliphatic carbocycles. The summed E-state index contributed by atoms with van der Waals surface area (Å²) in [5.74, 6) is 0.722. The minimum atomic E-state index is -0.136. The summed E-state index contributed by atoms with van der Waals surface area (Å²) < 4.78 is 1.55. The maximum atomic E-state index is 12.1. The molecular weight excluding hydrogens is 266 g/mol. The zero-order valence-electron chi connectivity index (χ0n) is 13.4. The second kappa shape index (κ2) is 6.93. The van der Waals surface area contributed by atoms with Crippen LogP contribution in [0.2, 0.25) is 0 Å². The standard InChI is InChI=1S/C15H27N5O/c1-11-5-9-20(10-6-11)8-4-7-17-15(21)14-13(16)12(2)18-19(14)3/h11H,4-10,16H2,1-3H3,(H,17,21). The van der Waals surface area contributed by atoms with Crippen molar-refractivity contribution in [3.8, 4) is 0 Å². The summed E-state index contributed by atoms with van der Waals surface area (Å²) in [6.07, 6.45) is 3.55. The molecule has 0 bridgehead atoms. The lowest BCUT2D eigenvalue weighted by atomic mass is 9.99. The Kier molecular flexibility index (Phi) is 5.22. The Hall–Kier alpha value is -1.56. The number of hydrogen-bond acceptors (Lipinski definition) is 4. The van der Waals surface area contributed by atoms with E-state index in [0.717, 1.165) is 18.9 Å². The van der Waals surface area contributed by atoms with Crippen LogP contribution in [0.4, 0.5) is 5.69 Å². The molecule has 1 fully saturated rings. The molecule has 21 heavy (non-hydrogen) atoms. The van der Waals surface area contributed by atoms with E-state index in [4.69, 9.17) is 5.73 Å². The molecular formula is C15H27N5O. The molecule has 1 aliphatic rings. The van der Waals surface area contributed by atoms with Crippen molar-refractivity contribution in [3.05, 3.63) is 11.4 Å². The van der Waals surface area contributed by atoms with Gasteiger partial charge in [0.15, 0.2) is 0 Å². The van der Waals surface area contributed by atoms with Crippen LogP contribution in [0.15, 0.2) is 0 Å². The van der Waals surface area contributed by atoms with Crippen molar-refractivity contribution in [2.45, 2.75) is 33.1 Å². The second-order valence-electron chi connectivity index (χ2n) is 6.10. The smallest absolute Gasteiger partial charge is 0.271 e. The molecule has 1 aromatic heterocycles. The van der Waals surface area contributed by atoms with Crippen LogP contribution in [0.3, 0.4) is 0 Å². The van der Waals surface area contributed by atoms with Gasteiger partial charge >= 0.3 is 0 Å². The number of carbonyl (C=O) groups excluding carboxylic acids is 1. The van der Waals surface area contributed by atoms with E-state index in [2.05, 4.69) is 22.2 Å². The molecule has 1 aliphatic heterocycles. The van der Waals surface area contributed by atoms with Gasteiger partial charge in [0.1, 0.15) is 5.69 Å². The lowest BCUT2D eigenvalue weighted by molar-refractivity contribution is 0.0942. The second-order valence-corrected chi connectivity index (χ2v) is 6.10. The summed E-state index contributed by atoms with van der Waals surface area (Å²) in [5.41, 5.74) is 7.52. The maximum Gasteiger partial charge on any atom is 0.271 e. The fourth-order valence-corrected chi connectivity index (χ4v) is 2.82. The Balaban J connectivity index is 1.72. The molecule has 3 N–H and O–H groups in total. The van der Waals surface area contributed by atoms with Crippen LogP contribution in [0.5, 0.6) is 0 Å². The van der Waals surface area contributed by atoms with Gasteiger partial charge in [-0.25, -0.2) is 0 Å². The Morgan fingerprint density at radius 2 is 2.10 bits per heavy atom. The van der Waals surface area contributed by atoms with Gasteiger partial charge in [0.05, 0.1) is 11.4 Å². The number of carbonyl (C=O) groups is 1. The first kappa shape index (κ1) is 15.8. The highest BCUT2D eigenvalue weighted by Gasteiger charge is 2.18. The van der Waals surface area contributed by atoms with Gasteiger partial charge in [-0.15, -0.1) is 0 Å². The first-order valence-corrected chi connectivity index (χ1v) is 7.78. The number of nitrogens with zero attached hydrogens (tertiary/aromatic N) is 3. The number of likely N-dealkylation sites (tertiary alicyclic amines) is 1. The van der Waals surface area contributed by atoms with Gasteiger partial charge in [-0.1, -0.05) is 6.92 Å². The molecule has 1 aromatic rings. The maximum absolute atomic E-state index is 12.1. The zero-order valence-corrected chi connectivity index (χ0v) is 13.4. The van der Waals surface area contributed by atoms with Crippen LogP contribution in [0.25, 0.3) is 0 Å². The number of amides is 1. The minimum absolute atomic E-state index is 0.136. The van der Waals surface area contributed by atoms with Crippen molar-refractivity contribution in [2.24, 2.45) is 13.0 Å². The van der Waals surface area contributed by atoms with E-state index in [0.29, 0.717) is 23.6 Å². The summed E-state index contributed by atoms with van der Waals surface area (Å²) >= 11 is 0. The van der Waals surface area contributed by atoms with Crippen LogP contribution in [0, 0.1) is 12.8 Å². The third kappa shape index (κ3) is 3.97. The van der Waals surface area contributed by atoms with E-state index in [1.54, 1.807) is 11.7 Å². The molecule has 118 valence electrons. The highest BCUT2D eigenvalue weighted by Crippen LogP contribution is 2.16. The Labute approximate surface area is 126 Å². The summed E-state index contributed by atoms with van der Waals surface area (Å²) in [6.45, 7) is 8.22. The number of anilines is 1. The van der Waals surface area contributed by atoms with Crippen molar-refractivity contribution in [1.82, 2.24) is 20.0 Å². The molecule has 0 saturated carbocycles. The minimum Gasteiger partial charge on any atom is -0.395 e. The molecule has 0 unspecified atom stereocenters. The number of hydrogen-bond donors (Lipinski definition) is 2. The first-order valence-electron chi connectivity index (χ1n) is 7.78. The van der Waals surface area contributed by atoms with Crippen molar-refractivity contribution >= 4 is 11.6 Å². The fourth-order valence-electron chi connectivity index (χ4n) is 2.82. The lowest BCUT2D eigenvalue weighted by Crippen LogP contribution is -2.35. The normalized spacial score (nSPS) is 17.1. The predicted octanol–water partition coefficient (Wildman–Crippen LogP) is 1.16. The quantitative estimate of drug-likeness (QED) is 0.799. The van der Waals surface area contributed by atoms with Crippen molar-refractivity contribution in [1.29, 1.82) is 0 Å². The number of rotatable bonds is 5. The van der Waals surface area contributed by atoms with E-state index in [9.17, 15) is 4.79 Å². The highest BCUT2D eigenvalue weighted by atomic mass is 16.2. The van der Waals surface area contributed by atoms with E-state index in [-0.39, 0.29) is 5.91 Å². The van der Waals surface area contributed by atoms with Gasteiger partial charge in [0, 0.05) is 13.6 Å². The Morgan fingerprint density at radius 1 is 1.43 bits per heavy atom. The van der Waals surface area contributed by atoms with E-state index in [1.807, 2.05) is 6.92 Å². The molecule has 1 amide bonds. The molecule has 0 atom stereocenters. The summed E-state index contributed by atoms with van der Waals surface area (Å²) in [4.78, 5) is 14.6. The van der Waals surface area contributed by atoms with Crippen molar-refractivity contribution in [2.75, 3.05) is 31.9 Å². The van der Waals surface area contributed by atoms with E-state index in [1.165, 1.54) is 25.9 Å². The molecule has 0 spiro atoms. The molecule has 1 saturated heterocycles. The summed E-state index contributed by atoms with van der Waals surface area (Å²) in [6, 6.07) is 0. The fraction of sp³-hybridized carbons (Fsp3) is 0.733. The summed E-state index contributed by atoms with van der Waals surface area (Å²) in [5, 5.41) is 7.10. The highest BCUT2D eigenvalue weighted by molar-refractivity contribution is 5.97. The number of nitrogen functional groups attached to an aromatic ring is 1. The lowest BCUT2D eigenvalue weighted by Gasteiger charge is -2.30. The van der Waals surface area contributed by atoms with E-state index < -0.39 is 0 Å². The van der Waals surface area contributed by atoms with Gasteiger partial charge in [0.25, 0.3) is 5.91 Å². The topological polar surface area (TPSA) is 76.2 Å². The molecule has 6 nitrogen and oxygen atoms in total. The third-order valence-corrected chi connectivity index (χ3v) is 4.30. The zero-order chi connectivity index (χ0) is 15.4. The third-order valence-electron chi connectivity index (χ3n) is 4.30. The van der Waals surface area contributed by atoms with Crippen LogP contribution in [-0.2, 0) is 7.05 Å². The molecule has 2 rings (SSSR count). The average molecular weight is 293 g/mol. The Bertz CT molecular complexity index is 488. The van der Waals surface area contributed by atoms with Gasteiger partial charge in [-0.2, -0.15) is 5.10 Å². The monoisotopic (exact) mass is 293 g/mol. The molecule has 0 aromatic carbocycles. The molecule has 6 heteroatoms. The number of aromatic nitrogens is 2. The Morgan fingerprint density at radius 3 is 2.67 bits per heavy atom. The molecule has 0 radical (unpaired) electrons. The van der Waals surface area contributed by atoms with Crippen molar-refractivity contribution in [3.63, 3.8) is 0 Å². The van der Waals surface area contributed by atoms with Crippen molar-refractivity contribution < 1.29 is 4.79 Å². The van der Waals surface area contributed by atoms with Crippen LogP contribution < -0.4 is 11.1 Å². The largest absolute Gasteiger partial charge is 0.395 e. The van der Waals surface area contributed by atoms with Gasteiger partial charge in [0.2, 0.25) is 0 Å². The van der Waals surface area contributed by atoms with Gasteiger partial charge in [-0.05, 0) is 51.7 Å². The number of aryl methyl sites for hydroxylation is 2. The predicted molar refractivity (Wildman–Crippen MR) is 84.1 cm³/mol. The van der Waals surface area contributed by atoms with Crippen LogP contribution in [0.1, 0.15) is 42.4 Å². The average Bonchev–Trinajstić information content (AvgIpc) is 2.70. The van der Waals surface area contributed by atoms with Crippen LogP contribution in [-0.4, -0.2) is 46.8 Å². The number of nitrogens with one attached hydrogen (secondary N) is 1. The molecule has 2 heterocycles. The van der Waals surface area contributed by atoms with Crippen LogP contribution >= 0.6 is 0 Å². The number of nitrogens with two attached hydrogens (primary N) is 1. The summed E-state index contributed by atoms with van der Waals surface area (Å²) in [7, 11) is 1.74. The number of piperidine rings is 1. The van der Waals surface area contributed by atoms with E-state index >= 15 is 0 Å². The SMILES string of the molecule is Cc1nn(C)c(C(=O)NCCCN2CCC(C)CC2)c1N. The van der Waals surface area contributed by atoms with Gasteiger partial charge in [-0.3, -0.25) is 9.48 Å². The van der Waals surface area contributed by atoms with Gasteiger partial charge < -0.3 is 16.0 Å².